The van der Waals surface area contributed by atoms with Gasteiger partial charge < -0.3 is 18.3 Å². The third-order valence-electron chi connectivity index (χ3n) is 13.8. The molecule has 0 bridgehead atoms. The van der Waals surface area contributed by atoms with Crippen LogP contribution in [0, 0.1) is 0 Å². The third-order valence-corrected chi connectivity index (χ3v) is 13.8. The molecule has 11 aromatic carbocycles. The Hall–Kier alpha value is -9.12. The fraction of sp³-hybridized carbons (Fsp3) is 0. The zero-order valence-corrected chi connectivity index (χ0v) is 36.8. The first-order chi connectivity index (χ1) is 33.7. The van der Waals surface area contributed by atoms with Crippen LogP contribution < -0.4 is 4.90 Å². The Balaban J connectivity index is 0.938. The summed E-state index contributed by atoms with van der Waals surface area (Å²) < 4.78 is 15.5. The molecule has 0 aliphatic heterocycles. The van der Waals surface area contributed by atoms with Gasteiger partial charge in [-0.1, -0.05) is 170 Å². The summed E-state index contributed by atoms with van der Waals surface area (Å²) in [5.41, 5.74) is 16.8. The van der Waals surface area contributed by atoms with Crippen LogP contribution in [0.5, 0.6) is 0 Å². The smallest absolute Gasteiger partial charge is 0.143 e. The number of hydrogen-bond acceptors (Lipinski definition) is 3. The first-order valence-electron chi connectivity index (χ1n) is 23.2. The molecule has 3 heterocycles. The molecule has 0 spiro atoms. The molecule has 0 aliphatic rings. The van der Waals surface area contributed by atoms with Crippen LogP contribution in [0.4, 0.5) is 17.1 Å². The molecule has 318 valence electrons. The molecule has 3 aromatic heterocycles. The van der Waals surface area contributed by atoms with E-state index in [1.807, 2.05) is 12.1 Å². The average molecular weight is 869 g/mol. The number of benzene rings is 11. The Labute approximate surface area is 391 Å². The maximum absolute atomic E-state index is 6.61. The van der Waals surface area contributed by atoms with Gasteiger partial charge in [-0.2, -0.15) is 0 Å². The molecule has 0 aliphatic carbocycles. The first-order valence-corrected chi connectivity index (χ1v) is 23.2. The lowest BCUT2D eigenvalue weighted by molar-refractivity contribution is 0.669. The number of hydrogen-bond donors (Lipinski definition) is 0. The second-order valence-corrected chi connectivity index (χ2v) is 17.6. The minimum absolute atomic E-state index is 0.865. The van der Waals surface area contributed by atoms with Crippen LogP contribution in [0.2, 0.25) is 0 Å². The number of anilines is 3. The van der Waals surface area contributed by atoms with Crippen molar-refractivity contribution in [3.8, 4) is 39.1 Å². The molecule has 14 aromatic rings. The number of fused-ring (bicyclic) bond motifs is 10. The van der Waals surface area contributed by atoms with Gasteiger partial charge in [-0.3, -0.25) is 0 Å². The van der Waals surface area contributed by atoms with E-state index in [2.05, 4.69) is 240 Å². The Kier molecular flexibility index (Phi) is 8.55. The maximum atomic E-state index is 6.61. The predicted molar refractivity (Wildman–Crippen MR) is 284 cm³/mol. The van der Waals surface area contributed by atoms with E-state index in [4.69, 9.17) is 8.83 Å². The minimum atomic E-state index is 0.865. The number of rotatable bonds is 7. The van der Waals surface area contributed by atoms with E-state index in [0.29, 0.717) is 0 Å². The molecule has 0 fully saturated rings. The lowest BCUT2D eigenvalue weighted by Crippen LogP contribution is -2.11. The number of para-hydroxylation sites is 6. The average Bonchev–Trinajstić information content (AvgIpc) is 4.08. The topological polar surface area (TPSA) is 34.5 Å². The molecular formula is C64H40N2O2. The highest BCUT2D eigenvalue weighted by atomic mass is 16.3. The predicted octanol–water partition coefficient (Wildman–Crippen LogP) is 18.2. The van der Waals surface area contributed by atoms with Crippen molar-refractivity contribution < 1.29 is 8.83 Å². The number of furan rings is 2. The summed E-state index contributed by atoms with van der Waals surface area (Å²) in [6.45, 7) is 0. The summed E-state index contributed by atoms with van der Waals surface area (Å²) in [6, 6.07) is 87.0. The Morgan fingerprint density at radius 1 is 0.324 bits per heavy atom. The van der Waals surface area contributed by atoms with Crippen LogP contribution in [0.1, 0.15) is 0 Å². The van der Waals surface area contributed by atoms with Crippen LogP contribution in [0.3, 0.4) is 0 Å². The molecule has 0 N–H and O–H groups in total. The normalized spacial score (nSPS) is 11.8. The lowest BCUT2D eigenvalue weighted by atomic mass is 9.95. The van der Waals surface area contributed by atoms with Gasteiger partial charge in [-0.05, 0) is 100 Å². The summed E-state index contributed by atoms with van der Waals surface area (Å²) in [6.07, 6.45) is 0. The fourth-order valence-corrected chi connectivity index (χ4v) is 10.7. The largest absolute Gasteiger partial charge is 0.456 e. The molecule has 0 radical (unpaired) electrons. The van der Waals surface area contributed by atoms with E-state index in [9.17, 15) is 0 Å². The van der Waals surface area contributed by atoms with Gasteiger partial charge in [0.25, 0.3) is 0 Å². The van der Waals surface area contributed by atoms with E-state index in [0.717, 1.165) is 105 Å². The standard InChI is InChI=1S/C64H40N2O2/c1-2-16-44-40-62-55(39-43(44)15-1)63-53(23-14-30-61(63)67-62)51-20-6-9-26-57(51)65(46-37-33-42(34-38-46)48-22-13-24-54-52-21-7-12-29-60(52)68-64(48)54)45-35-31-41(32-36-45)47-17-3-8-25-56(47)66-58-27-10-4-18-49(58)50-19-5-11-28-59(50)66/h1-40H. The monoisotopic (exact) mass is 868 g/mol. The number of aromatic nitrogens is 1. The van der Waals surface area contributed by atoms with Crippen molar-refractivity contribution in [3.05, 3.63) is 243 Å². The highest BCUT2D eigenvalue weighted by molar-refractivity contribution is 6.17. The SMILES string of the molecule is c1ccc(N(c2ccc(-c3ccccc3-n3c4ccccc4c4ccccc43)cc2)c2ccc(-c3cccc4c3oc3ccccc34)cc2)c(-c2cccc3oc4cc5ccccc5cc4c23)c1. The molecule has 0 saturated heterocycles. The Bertz CT molecular complexity index is 4210. The van der Waals surface area contributed by atoms with Gasteiger partial charge in [0.2, 0.25) is 0 Å². The molecule has 0 atom stereocenters. The van der Waals surface area contributed by atoms with Gasteiger partial charge in [0.05, 0.1) is 22.4 Å². The van der Waals surface area contributed by atoms with Gasteiger partial charge in [-0.25, -0.2) is 0 Å². The minimum Gasteiger partial charge on any atom is -0.456 e. The zero-order valence-electron chi connectivity index (χ0n) is 36.8. The second-order valence-electron chi connectivity index (χ2n) is 17.6. The van der Waals surface area contributed by atoms with Crippen molar-refractivity contribution in [3.63, 3.8) is 0 Å². The lowest BCUT2D eigenvalue weighted by Gasteiger charge is -2.28. The van der Waals surface area contributed by atoms with Crippen molar-refractivity contribution >= 4 is 93.5 Å². The van der Waals surface area contributed by atoms with Gasteiger partial charge in [0.1, 0.15) is 22.3 Å². The van der Waals surface area contributed by atoms with Crippen LogP contribution in [0.15, 0.2) is 251 Å². The fourth-order valence-electron chi connectivity index (χ4n) is 10.7. The zero-order chi connectivity index (χ0) is 44.7. The molecule has 0 amide bonds. The van der Waals surface area contributed by atoms with E-state index in [1.165, 1.54) is 27.2 Å². The number of nitrogens with zero attached hydrogens (tertiary/aromatic N) is 2. The van der Waals surface area contributed by atoms with Crippen LogP contribution in [0.25, 0.3) is 116 Å². The third kappa shape index (κ3) is 5.94. The van der Waals surface area contributed by atoms with Crippen LogP contribution in [-0.4, -0.2) is 4.57 Å². The molecule has 0 saturated carbocycles. The molecule has 68 heavy (non-hydrogen) atoms. The van der Waals surface area contributed by atoms with Gasteiger partial charge in [0.15, 0.2) is 0 Å². The van der Waals surface area contributed by atoms with E-state index in [1.54, 1.807) is 0 Å². The summed E-state index contributed by atoms with van der Waals surface area (Å²) >= 11 is 0. The highest BCUT2D eigenvalue weighted by Crippen LogP contribution is 2.47. The molecule has 4 nitrogen and oxygen atoms in total. The first kappa shape index (κ1) is 38.2. The van der Waals surface area contributed by atoms with Crippen molar-refractivity contribution in [1.29, 1.82) is 0 Å². The Morgan fingerprint density at radius 2 is 0.853 bits per heavy atom. The summed E-state index contributed by atoms with van der Waals surface area (Å²) in [5.74, 6) is 0. The van der Waals surface area contributed by atoms with E-state index < -0.39 is 0 Å². The van der Waals surface area contributed by atoms with Crippen molar-refractivity contribution in [2.75, 3.05) is 4.90 Å². The molecule has 14 rings (SSSR count). The van der Waals surface area contributed by atoms with Gasteiger partial charge in [-0.15, -0.1) is 0 Å². The quantitative estimate of drug-likeness (QED) is 0.160. The summed E-state index contributed by atoms with van der Waals surface area (Å²) in [7, 11) is 0. The highest BCUT2D eigenvalue weighted by Gasteiger charge is 2.22. The summed E-state index contributed by atoms with van der Waals surface area (Å²) in [4.78, 5) is 2.39. The van der Waals surface area contributed by atoms with Gasteiger partial charge in [0, 0.05) is 60.4 Å². The summed E-state index contributed by atoms with van der Waals surface area (Å²) in [5, 5.41) is 9.28. The molecule has 4 heteroatoms. The Morgan fingerprint density at radius 3 is 1.60 bits per heavy atom. The van der Waals surface area contributed by atoms with E-state index >= 15 is 0 Å². The van der Waals surface area contributed by atoms with Crippen molar-refractivity contribution in [2.45, 2.75) is 0 Å². The second kappa shape index (κ2) is 15.2. The van der Waals surface area contributed by atoms with Crippen LogP contribution >= 0.6 is 0 Å². The van der Waals surface area contributed by atoms with Gasteiger partial charge >= 0.3 is 0 Å². The van der Waals surface area contributed by atoms with Crippen molar-refractivity contribution in [1.82, 2.24) is 4.57 Å². The maximum Gasteiger partial charge on any atom is 0.143 e. The van der Waals surface area contributed by atoms with Crippen LogP contribution in [-0.2, 0) is 0 Å². The molecular weight excluding hydrogens is 829 g/mol. The van der Waals surface area contributed by atoms with Crippen molar-refractivity contribution in [2.24, 2.45) is 0 Å². The molecule has 0 unspecified atom stereocenters. The van der Waals surface area contributed by atoms with E-state index in [-0.39, 0.29) is 0 Å².